The van der Waals surface area contributed by atoms with Gasteiger partial charge in [-0.05, 0) is 44.0 Å². The van der Waals surface area contributed by atoms with Crippen LogP contribution in [-0.4, -0.2) is 32.4 Å². The van der Waals surface area contributed by atoms with Crippen LogP contribution in [0.1, 0.15) is 24.5 Å². The van der Waals surface area contributed by atoms with Gasteiger partial charge >= 0.3 is 5.97 Å². The molecule has 1 aliphatic rings. The Kier molecular flexibility index (Phi) is 5.05. The number of hydrogen-bond donors (Lipinski definition) is 3. The minimum absolute atomic E-state index is 0.110. The number of anilines is 1. The predicted molar refractivity (Wildman–Crippen MR) is 83.6 cm³/mol. The number of nitrogens with one attached hydrogen (secondary N) is 3. The first-order chi connectivity index (χ1) is 10.3. The first-order valence-electron chi connectivity index (χ1n) is 7.10. The normalized spacial score (nSPS) is 21.6. The zero-order chi connectivity index (χ0) is 16.3. The summed E-state index contributed by atoms with van der Waals surface area (Å²) in [4.78, 5) is 11.6. The fourth-order valence-corrected chi connectivity index (χ4v) is 3.43. The molecule has 7 nitrogen and oxygen atoms in total. The summed E-state index contributed by atoms with van der Waals surface area (Å²) in [5, 5.41) is -0.900. The summed E-state index contributed by atoms with van der Waals surface area (Å²) in [5.74, 6) is -0.459. The van der Waals surface area contributed by atoms with Crippen molar-refractivity contribution in [3.63, 3.8) is 0 Å². The Morgan fingerprint density at radius 1 is 1.32 bits per heavy atom. The minimum atomic E-state index is -3.66. The molecule has 0 bridgehead atoms. The number of sulfonamides is 1. The Bertz CT molecular complexity index is 660. The molecule has 1 aliphatic heterocycles. The van der Waals surface area contributed by atoms with Crippen LogP contribution in [0.2, 0.25) is 0 Å². The lowest BCUT2D eigenvalue weighted by Gasteiger charge is -2.14. The van der Waals surface area contributed by atoms with Gasteiger partial charge in [0.25, 0.3) is 0 Å². The molecule has 3 N–H and O–H groups in total. The molecular weight excluding hydrogens is 306 g/mol. The quantitative estimate of drug-likeness (QED) is 0.692. The van der Waals surface area contributed by atoms with Crippen molar-refractivity contribution >= 4 is 21.7 Å². The highest BCUT2D eigenvalue weighted by molar-refractivity contribution is 7.93. The van der Waals surface area contributed by atoms with Crippen molar-refractivity contribution in [3.8, 4) is 0 Å². The average Bonchev–Trinajstić information content (AvgIpc) is 2.93. The lowest BCUT2D eigenvalue weighted by atomic mass is 10.1. The third kappa shape index (κ3) is 3.76. The van der Waals surface area contributed by atoms with E-state index >= 15 is 0 Å². The van der Waals surface area contributed by atoms with Crippen LogP contribution in [0, 0.1) is 13.8 Å². The molecule has 0 amide bonds. The zero-order valence-corrected chi connectivity index (χ0v) is 13.7. The third-order valence-corrected chi connectivity index (χ3v) is 5.16. The highest BCUT2D eigenvalue weighted by Crippen LogP contribution is 2.19. The van der Waals surface area contributed by atoms with Gasteiger partial charge in [0.15, 0.2) is 0 Å². The van der Waals surface area contributed by atoms with E-state index in [9.17, 15) is 13.2 Å². The summed E-state index contributed by atoms with van der Waals surface area (Å²) in [5.41, 5.74) is 7.89. The molecular formula is C14H21N3O4S. The van der Waals surface area contributed by atoms with Gasteiger partial charge in [-0.2, -0.15) is 0 Å². The molecule has 2 atom stereocenters. The highest BCUT2D eigenvalue weighted by Gasteiger charge is 2.37. The molecule has 0 saturated carbocycles. The molecule has 1 aromatic carbocycles. The van der Waals surface area contributed by atoms with E-state index in [1.54, 1.807) is 19.1 Å². The van der Waals surface area contributed by atoms with E-state index in [1.807, 2.05) is 19.9 Å². The molecule has 2 unspecified atom stereocenters. The number of esters is 1. The van der Waals surface area contributed by atoms with Gasteiger partial charge in [0.2, 0.25) is 10.0 Å². The van der Waals surface area contributed by atoms with E-state index < -0.39 is 27.4 Å². The van der Waals surface area contributed by atoms with Crippen molar-refractivity contribution in [2.45, 2.75) is 38.6 Å². The second-order valence-corrected chi connectivity index (χ2v) is 7.13. The fourth-order valence-electron chi connectivity index (χ4n) is 2.17. The zero-order valence-electron chi connectivity index (χ0n) is 12.8. The minimum Gasteiger partial charge on any atom is -0.465 e. The van der Waals surface area contributed by atoms with Gasteiger partial charge in [-0.15, -0.1) is 0 Å². The van der Waals surface area contributed by atoms with Crippen LogP contribution < -0.4 is 15.6 Å². The van der Waals surface area contributed by atoms with E-state index in [0.29, 0.717) is 5.69 Å². The van der Waals surface area contributed by atoms with Crippen molar-refractivity contribution in [2.24, 2.45) is 0 Å². The predicted octanol–water partition coefficient (Wildman–Crippen LogP) is 0.801. The average molecular weight is 327 g/mol. The third-order valence-electron chi connectivity index (χ3n) is 3.58. The summed E-state index contributed by atoms with van der Waals surface area (Å²) < 4.78 is 32.1. The highest BCUT2D eigenvalue weighted by atomic mass is 32.2. The van der Waals surface area contributed by atoms with Crippen LogP contribution in [0.5, 0.6) is 0 Å². The van der Waals surface area contributed by atoms with Gasteiger partial charge in [-0.3, -0.25) is 9.52 Å². The molecule has 122 valence electrons. The van der Waals surface area contributed by atoms with E-state index in [-0.39, 0.29) is 13.0 Å². The van der Waals surface area contributed by atoms with Crippen molar-refractivity contribution < 1.29 is 17.9 Å². The first-order valence-corrected chi connectivity index (χ1v) is 8.64. The molecule has 0 aromatic heterocycles. The molecule has 1 aromatic rings. The van der Waals surface area contributed by atoms with E-state index in [1.165, 1.54) is 0 Å². The Morgan fingerprint density at radius 2 is 2.05 bits per heavy atom. The summed E-state index contributed by atoms with van der Waals surface area (Å²) in [6, 6.07) is 4.68. The van der Waals surface area contributed by atoms with Crippen LogP contribution in [-0.2, 0) is 19.6 Å². The summed E-state index contributed by atoms with van der Waals surface area (Å²) in [7, 11) is -3.66. The van der Waals surface area contributed by atoms with Gasteiger partial charge in [0, 0.05) is 12.1 Å². The second kappa shape index (κ2) is 6.64. The van der Waals surface area contributed by atoms with Crippen molar-refractivity contribution in [3.05, 3.63) is 29.3 Å². The van der Waals surface area contributed by atoms with Crippen LogP contribution >= 0.6 is 0 Å². The number of ether oxygens (including phenoxy) is 1. The van der Waals surface area contributed by atoms with E-state index in [0.717, 1.165) is 11.1 Å². The Labute approximate surface area is 130 Å². The number of hydrogen-bond acceptors (Lipinski definition) is 6. The Morgan fingerprint density at radius 3 is 2.68 bits per heavy atom. The standard InChI is InChI=1S/C14H21N3O4S/c1-4-21-14(18)12-8-13(16-15-12)22(19,20)17-11-6-5-9(2)10(3)7-11/h5-7,12-13,15-17H,4,8H2,1-3H3. The number of hydrazine groups is 1. The lowest BCUT2D eigenvalue weighted by Crippen LogP contribution is -2.41. The molecule has 0 radical (unpaired) electrons. The van der Waals surface area contributed by atoms with Crippen LogP contribution in [0.25, 0.3) is 0 Å². The summed E-state index contributed by atoms with van der Waals surface area (Å²) in [6.07, 6.45) is 0.110. The molecule has 22 heavy (non-hydrogen) atoms. The molecule has 0 spiro atoms. The number of carbonyl (C=O) groups excluding carboxylic acids is 1. The van der Waals surface area contributed by atoms with Crippen molar-refractivity contribution in [1.29, 1.82) is 0 Å². The summed E-state index contributed by atoms with van der Waals surface area (Å²) >= 11 is 0. The van der Waals surface area contributed by atoms with Gasteiger partial charge in [-0.1, -0.05) is 6.07 Å². The maximum atomic E-state index is 12.4. The van der Waals surface area contributed by atoms with Crippen molar-refractivity contribution in [2.75, 3.05) is 11.3 Å². The van der Waals surface area contributed by atoms with Gasteiger partial charge < -0.3 is 4.74 Å². The molecule has 8 heteroatoms. The monoisotopic (exact) mass is 327 g/mol. The van der Waals surface area contributed by atoms with Gasteiger partial charge in [-0.25, -0.2) is 19.3 Å². The Balaban J connectivity index is 2.05. The number of aryl methyl sites for hydroxylation is 2. The van der Waals surface area contributed by atoms with E-state index in [4.69, 9.17) is 4.74 Å². The topological polar surface area (TPSA) is 96.5 Å². The SMILES string of the molecule is CCOC(=O)C1CC(S(=O)(=O)Nc2ccc(C)c(C)c2)NN1. The smallest absolute Gasteiger partial charge is 0.324 e. The van der Waals surface area contributed by atoms with Crippen molar-refractivity contribution in [1.82, 2.24) is 10.9 Å². The maximum Gasteiger partial charge on any atom is 0.324 e. The van der Waals surface area contributed by atoms with Crippen LogP contribution in [0.4, 0.5) is 5.69 Å². The molecule has 1 saturated heterocycles. The first kappa shape index (κ1) is 16.7. The van der Waals surface area contributed by atoms with Gasteiger partial charge in [0.05, 0.1) is 6.61 Å². The molecule has 1 fully saturated rings. The second-order valence-electron chi connectivity index (χ2n) is 5.26. The largest absolute Gasteiger partial charge is 0.465 e. The van der Waals surface area contributed by atoms with Crippen LogP contribution in [0.3, 0.4) is 0 Å². The van der Waals surface area contributed by atoms with Gasteiger partial charge in [0.1, 0.15) is 11.4 Å². The number of carbonyl (C=O) groups is 1. The lowest BCUT2D eigenvalue weighted by molar-refractivity contribution is -0.145. The Hall–Kier alpha value is -1.64. The maximum absolute atomic E-state index is 12.4. The van der Waals surface area contributed by atoms with Crippen LogP contribution in [0.15, 0.2) is 18.2 Å². The summed E-state index contributed by atoms with van der Waals surface area (Å²) in [6.45, 7) is 5.84. The number of benzene rings is 1. The molecule has 0 aliphatic carbocycles. The molecule has 1 heterocycles. The molecule has 2 rings (SSSR count). The number of rotatable bonds is 5. The van der Waals surface area contributed by atoms with E-state index in [2.05, 4.69) is 15.6 Å². The fraction of sp³-hybridized carbons (Fsp3) is 0.500.